The second-order valence-electron chi connectivity index (χ2n) is 6.34. The van der Waals surface area contributed by atoms with E-state index in [1.54, 1.807) is 27.6 Å². The summed E-state index contributed by atoms with van der Waals surface area (Å²) in [6.45, 7) is 1.50. The summed E-state index contributed by atoms with van der Waals surface area (Å²) in [6.07, 6.45) is 0. The number of thiophene rings is 1. The zero-order chi connectivity index (χ0) is 19.1. The highest BCUT2D eigenvalue weighted by molar-refractivity contribution is 7.20. The third-order valence-corrected chi connectivity index (χ3v) is 6.48. The minimum Gasteiger partial charge on any atom is -0.329 e. The Morgan fingerprint density at radius 2 is 1.93 bits per heavy atom. The van der Waals surface area contributed by atoms with Crippen LogP contribution >= 0.6 is 22.7 Å². The van der Waals surface area contributed by atoms with E-state index < -0.39 is 0 Å². The van der Waals surface area contributed by atoms with Gasteiger partial charge in [-0.1, -0.05) is 6.07 Å². The van der Waals surface area contributed by atoms with Crippen LogP contribution < -0.4 is 0 Å². The molecule has 0 spiro atoms. The molecule has 0 fully saturated rings. The molecule has 28 heavy (non-hydrogen) atoms. The van der Waals surface area contributed by atoms with Gasteiger partial charge in [0.05, 0.1) is 11.4 Å². The van der Waals surface area contributed by atoms with Crippen molar-refractivity contribution in [1.82, 2.24) is 24.6 Å². The molecule has 5 rings (SSSR count). The fraction of sp³-hybridized carbons (Fsp3) is 0.158. The van der Waals surface area contributed by atoms with E-state index in [1.165, 1.54) is 24.3 Å². The van der Waals surface area contributed by atoms with Gasteiger partial charge in [-0.2, -0.15) is 0 Å². The molecule has 0 saturated carbocycles. The number of hydrogen-bond donors (Lipinski definition) is 0. The fourth-order valence-corrected chi connectivity index (χ4v) is 4.80. The van der Waals surface area contributed by atoms with Gasteiger partial charge in [0.1, 0.15) is 16.5 Å². The van der Waals surface area contributed by atoms with Gasteiger partial charge in [0.15, 0.2) is 11.6 Å². The van der Waals surface area contributed by atoms with Crippen LogP contribution in [0.15, 0.2) is 47.2 Å². The van der Waals surface area contributed by atoms with Crippen LogP contribution in [0.5, 0.6) is 0 Å². The number of aromatic nitrogens is 4. The number of carbonyl (C=O) groups excluding carboxylic acids is 1. The van der Waals surface area contributed by atoms with Gasteiger partial charge >= 0.3 is 0 Å². The van der Waals surface area contributed by atoms with E-state index in [0.717, 1.165) is 27.2 Å². The second kappa shape index (κ2) is 6.92. The van der Waals surface area contributed by atoms with Crippen molar-refractivity contribution in [3.05, 3.63) is 64.4 Å². The van der Waals surface area contributed by atoms with Crippen LogP contribution in [0.1, 0.15) is 16.2 Å². The number of carbonyl (C=O) groups is 1. The van der Waals surface area contributed by atoms with E-state index in [-0.39, 0.29) is 11.7 Å². The summed E-state index contributed by atoms with van der Waals surface area (Å²) >= 11 is 3.24. The predicted molar refractivity (Wildman–Crippen MR) is 106 cm³/mol. The number of amides is 1. The van der Waals surface area contributed by atoms with Gasteiger partial charge in [0, 0.05) is 24.0 Å². The SMILES string of the molecule is O=C(c1ccc(F)cc1)N1CCn2c(nnc2-c2csc(-c3cccs3)n2)C1. The van der Waals surface area contributed by atoms with E-state index in [1.807, 2.05) is 27.5 Å². The van der Waals surface area contributed by atoms with E-state index in [9.17, 15) is 9.18 Å². The van der Waals surface area contributed by atoms with Crippen LogP contribution in [0.25, 0.3) is 21.4 Å². The highest BCUT2D eigenvalue weighted by atomic mass is 32.1. The van der Waals surface area contributed by atoms with Gasteiger partial charge < -0.3 is 9.47 Å². The number of rotatable bonds is 3. The highest BCUT2D eigenvalue weighted by Gasteiger charge is 2.26. The molecule has 0 N–H and O–H groups in total. The van der Waals surface area contributed by atoms with Gasteiger partial charge in [-0.25, -0.2) is 9.37 Å². The molecule has 0 bridgehead atoms. The number of benzene rings is 1. The average molecular weight is 411 g/mol. The Balaban J connectivity index is 1.38. The van der Waals surface area contributed by atoms with Crippen molar-refractivity contribution in [2.75, 3.05) is 6.54 Å². The van der Waals surface area contributed by atoms with Gasteiger partial charge in [-0.05, 0) is 35.7 Å². The standard InChI is InChI=1S/C19H14FN5OS2/c20-13-5-3-12(4-6-13)19(26)24-7-8-25-16(10-24)22-23-17(25)14-11-28-18(21-14)15-2-1-9-27-15/h1-6,9,11H,7-8,10H2. The predicted octanol–water partition coefficient (Wildman–Crippen LogP) is 3.93. The Morgan fingerprint density at radius 1 is 1.07 bits per heavy atom. The Kier molecular flexibility index (Phi) is 4.25. The summed E-state index contributed by atoms with van der Waals surface area (Å²) < 4.78 is 15.1. The molecule has 6 nitrogen and oxygen atoms in total. The van der Waals surface area contributed by atoms with Crippen molar-refractivity contribution in [2.45, 2.75) is 13.1 Å². The van der Waals surface area contributed by atoms with Crippen LogP contribution in [-0.2, 0) is 13.1 Å². The molecule has 4 heterocycles. The molecule has 1 aromatic carbocycles. The lowest BCUT2D eigenvalue weighted by Gasteiger charge is -2.27. The Hall–Kier alpha value is -2.91. The quantitative estimate of drug-likeness (QED) is 0.513. The van der Waals surface area contributed by atoms with E-state index in [4.69, 9.17) is 4.98 Å². The maximum absolute atomic E-state index is 13.1. The number of hydrogen-bond acceptors (Lipinski definition) is 6. The van der Waals surface area contributed by atoms with Crippen LogP contribution in [0, 0.1) is 5.82 Å². The molecular formula is C19H14FN5OS2. The largest absolute Gasteiger partial charge is 0.329 e. The molecule has 0 radical (unpaired) electrons. The third kappa shape index (κ3) is 3.02. The van der Waals surface area contributed by atoms with Crippen LogP contribution in [0.3, 0.4) is 0 Å². The van der Waals surface area contributed by atoms with Crippen LogP contribution in [0.4, 0.5) is 4.39 Å². The van der Waals surface area contributed by atoms with E-state index >= 15 is 0 Å². The zero-order valence-electron chi connectivity index (χ0n) is 14.6. The molecule has 0 saturated heterocycles. The topological polar surface area (TPSA) is 63.9 Å². The first kappa shape index (κ1) is 17.2. The highest BCUT2D eigenvalue weighted by Crippen LogP contribution is 2.31. The summed E-state index contributed by atoms with van der Waals surface area (Å²) in [5.41, 5.74) is 1.26. The molecule has 1 amide bonds. The molecular weight excluding hydrogens is 397 g/mol. The van der Waals surface area contributed by atoms with Gasteiger partial charge in [0.25, 0.3) is 5.91 Å². The van der Waals surface area contributed by atoms with Crippen LogP contribution in [-0.4, -0.2) is 37.1 Å². The summed E-state index contributed by atoms with van der Waals surface area (Å²) in [4.78, 5) is 20.2. The number of halogens is 1. The zero-order valence-corrected chi connectivity index (χ0v) is 16.2. The van der Waals surface area contributed by atoms with E-state index in [0.29, 0.717) is 25.2 Å². The molecule has 1 aliphatic heterocycles. The maximum atomic E-state index is 13.1. The van der Waals surface area contributed by atoms with Gasteiger partial charge in [0.2, 0.25) is 0 Å². The van der Waals surface area contributed by atoms with Crippen molar-refractivity contribution in [3.8, 4) is 21.4 Å². The Bertz CT molecular complexity index is 1130. The molecule has 4 aromatic rings. The van der Waals surface area contributed by atoms with E-state index in [2.05, 4.69) is 10.2 Å². The van der Waals surface area contributed by atoms with Crippen molar-refractivity contribution in [1.29, 1.82) is 0 Å². The van der Waals surface area contributed by atoms with Crippen LogP contribution in [0.2, 0.25) is 0 Å². The van der Waals surface area contributed by atoms with Gasteiger partial charge in [-0.15, -0.1) is 32.9 Å². The molecule has 3 aromatic heterocycles. The Morgan fingerprint density at radius 3 is 2.71 bits per heavy atom. The summed E-state index contributed by atoms with van der Waals surface area (Å²) in [7, 11) is 0. The van der Waals surface area contributed by atoms with Crippen molar-refractivity contribution in [2.24, 2.45) is 0 Å². The monoisotopic (exact) mass is 411 g/mol. The minimum absolute atomic E-state index is 0.135. The summed E-state index contributed by atoms with van der Waals surface area (Å²) in [6, 6.07) is 9.66. The lowest BCUT2D eigenvalue weighted by Crippen LogP contribution is -2.38. The number of nitrogens with zero attached hydrogens (tertiary/aromatic N) is 5. The average Bonchev–Trinajstić information content (AvgIpc) is 3.46. The number of fused-ring (bicyclic) bond motifs is 1. The lowest BCUT2D eigenvalue weighted by atomic mass is 10.2. The maximum Gasteiger partial charge on any atom is 0.254 e. The Labute approximate surface area is 167 Å². The lowest BCUT2D eigenvalue weighted by molar-refractivity contribution is 0.0708. The normalized spacial score (nSPS) is 13.5. The van der Waals surface area contributed by atoms with Crippen molar-refractivity contribution < 1.29 is 9.18 Å². The fourth-order valence-electron chi connectivity index (χ4n) is 3.19. The molecule has 0 aliphatic carbocycles. The first-order valence-electron chi connectivity index (χ1n) is 8.66. The first-order valence-corrected chi connectivity index (χ1v) is 10.4. The third-order valence-electron chi connectivity index (χ3n) is 4.60. The summed E-state index contributed by atoms with van der Waals surface area (Å²) in [5, 5.41) is 13.6. The smallest absolute Gasteiger partial charge is 0.254 e. The molecule has 0 unspecified atom stereocenters. The molecule has 9 heteroatoms. The van der Waals surface area contributed by atoms with Gasteiger partial charge in [-0.3, -0.25) is 4.79 Å². The second-order valence-corrected chi connectivity index (χ2v) is 8.15. The minimum atomic E-state index is -0.357. The summed E-state index contributed by atoms with van der Waals surface area (Å²) in [5.74, 6) is 0.958. The van der Waals surface area contributed by atoms with Crippen molar-refractivity contribution >= 4 is 28.6 Å². The molecule has 1 aliphatic rings. The van der Waals surface area contributed by atoms with Crippen molar-refractivity contribution in [3.63, 3.8) is 0 Å². The first-order chi connectivity index (χ1) is 13.7. The molecule has 0 atom stereocenters. The number of thiazole rings is 1. The molecule has 140 valence electrons.